The molecule has 0 spiro atoms. The van der Waals surface area contributed by atoms with E-state index < -0.39 is 5.41 Å². The molecule has 0 aromatic heterocycles. The van der Waals surface area contributed by atoms with E-state index in [4.69, 9.17) is 4.99 Å². The summed E-state index contributed by atoms with van der Waals surface area (Å²) in [5.74, 6) is 0.0508. The molecule has 5 heteroatoms. The molecule has 8 bridgehead atoms. The maximum absolute atomic E-state index is 13.0. The molecule has 0 radical (unpaired) electrons. The third kappa shape index (κ3) is 3.50. The van der Waals surface area contributed by atoms with Crippen LogP contribution >= 0.6 is 0 Å². The maximum Gasteiger partial charge on any atom is 0.170 e. The number of fused-ring (bicyclic) bond motifs is 4. The van der Waals surface area contributed by atoms with E-state index in [2.05, 4.69) is 15.0 Å². The molecule has 0 unspecified atom stereocenters. The van der Waals surface area contributed by atoms with Gasteiger partial charge in [0.25, 0.3) is 0 Å². The predicted octanol–water partition coefficient (Wildman–Crippen LogP) is 4.56. The number of rotatable bonds is 1. The average molecular weight is 392 g/mol. The third-order valence-corrected chi connectivity index (χ3v) is 4.96. The first-order chi connectivity index (χ1) is 14.3. The van der Waals surface area contributed by atoms with Gasteiger partial charge in [0.1, 0.15) is 0 Å². The molecule has 5 nitrogen and oxygen atoms in total. The highest BCUT2D eigenvalue weighted by Crippen LogP contribution is 2.30. The number of ketones is 1. The molecule has 0 aliphatic carbocycles. The topological polar surface area (TPSA) is 66.5 Å². The fourth-order valence-electron chi connectivity index (χ4n) is 3.48. The van der Waals surface area contributed by atoms with Gasteiger partial charge in [0.05, 0.1) is 45.6 Å². The van der Waals surface area contributed by atoms with Crippen LogP contribution in [0.15, 0.2) is 115 Å². The maximum atomic E-state index is 13.0. The van der Waals surface area contributed by atoms with Gasteiger partial charge >= 0.3 is 0 Å². The van der Waals surface area contributed by atoms with Gasteiger partial charge in [-0.05, 0) is 66.8 Å². The lowest BCUT2D eigenvalue weighted by Gasteiger charge is -2.17. The van der Waals surface area contributed by atoms with E-state index in [1.54, 1.807) is 0 Å². The molecule has 0 aromatic rings. The van der Waals surface area contributed by atoms with Crippen LogP contribution in [0.25, 0.3) is 0 Å². The third-order valence-electron chi connectivity index (χ3n) is 4.96. The molecule has 0 saturated heterocycles. The first-order valence-corrected chi connectivity index (χ1v) is 9.86. The summed E-state index contributed by atoms with van der Waals surface area (Å²) in [5, 5.41) is 0. The second kappa shape index (κ2) is 6.66. The number of hydrogen-bond acceptors (Lipinski definition) is 5. The summed E-state index contributed by atoms with van der Waals surface area (Å²) in [6.45, 7) is 5.75. The second-order valence-corrected chi connectivity index (χ2v) is 8.52. The van der Waals surface area contributed by atoms with E-state index in [0.29, 0.717) is 17.0 Å². The normalized spacial score (nSPS) is 21.4. The van der Waals surface area contributed by atoms with Crippen molar-refractivity contribution >= 4 is 28.6 Å². The molecule has 5 heterocycles. The molecule has 5 aliphatic rings. The van der Waals surface area contributed by atoms with Crippen molar-refractivity contribution in [2.75, 3.05) is 0 Å². The number of allylic oxidation sites excluding steroid dienone is 12. The second-order valence-electron chi connectivity index (χ2n) is 8.52. The number of nitrogens with zero attached hydrogens (tertiary/aromatic N) is 4. The summed E-state index contributed by atoms with van der Waals surface area (Å²) in [4.78, 5) is 31.7. The van der Waals surface area contributed by atoms with Crippen molar-refractivity contribution in [1.29, 1.82) is 0 Å². The summed E-state index contributed by atoms with van der Waals surface area (Å²) in [5.41, 5.74) is 6.32. The summed E-state index contributed by atoms with van der Waals surface area (Å²) in [7, 11) is 0. The molecule has 5 aliphatic heterocycles. The molecule has 0 aromatic carbocycles. The molecule has 146 valence electrons. The fraction of sp³-hybridized carbons (Fsp3) is 0.160. The predicted molar refractivity (Wildman–Crippen MR) is 122 cm³/mol. The molecule has 30 heavy (non-hydrogen) atoms. The van der Waals surface area contributed by atoms with Crippen molar-refractivity contribution < 1.29 is 4.79 Å². The summed E-state index contributed by atoms with van der Waals surface area (Å²) in [6, 6.07) is 0. The average Bonchev–Trinajstić information content (AvgIpc) is 3.45. The van der Waals surface area contributed by atoms with Crippen LogP contribution in [0.5, 0.6) is 0 Å². The number of carbonyl (C=O) groups is 1. The van der Waals surface area contributed by atoms with Crippen molar-refractivity contribution in [2.24, 2.45) is 25.4 Å². The standard InChI is InChI=1S/C25H20N4O/c1-25(2,3)24(30)22-13-21-12-19-7-6-17(27-19)10-15-4-5-16(26-15)11-18-8-9-20(28-18)14-23(22)29-21/h4-14H,1-3H3. The van der Waals surface area contributed by atoms with E-state index >= 15 is 0 Å². The smallest absolute Gasteiger partial charge is 0.170 e. The quantitative estimate of drug-likeness (QED) is 0.645. The van der Waals surface area contributed by atoms with Crippen LogP contribution < -0.4 is 0 Å². The lowest BCUT2D eigenvalue weighted by atomic mass is 9.85. The summed E-state index contributed by atoms with van der Waals surface area (Å²) in [6.07, 6.45) is 21.1. The lowest BCUT2D eigenvalue weighted by Crippen LogP contribution is -2.22. The highest BCUT2D eigenvalue weighted by molar-refractivity contribution is 6.20. The van der Waals surface area contributed by atoms with E-state index in [0.717, 1.165) is 34.2 Å². The largest absolute Gasteiger partial charge is 0.294 e. The van der Waals surface area contributed by atoms with Crippen molar-refractivity contribution in [3.05, 3.63) is 95.2 Å². The van der Waals surface area contributed by atoms with Crippen molar-refractivity contribution in [3.63, 3.8) is 0 Å². The van der Waals surface area contributed by atoms with E-state index in [1.165, 1.54) is 0 Å². The molecular formula is C25H20N4O. The monoisotopic (exact) mass is 392 g/mol. The Balaban J connectivity index is 1.65. The minimum Gasteiger partial charge on any atom is -0.294 e. The molecular weight excluding hydrogens is 372 g/mol. The van der Waals surface area contributed by atoms with Crippen LogP contribution in [0.2, 0.25) is 0 Å². The van der Waals surface area contributed by atoms with E-state index in [-0.39, 0.29) is 5.78 Å². The van der Waals surface area contributed by atoms with Gasteiger partial charge in [-0.1, -0.05) is 20.8 Å². The van der Waals surface area contributed by atoms with Crippen LogP contribution in [-0.4, -0.2) is 28.6 Å². The molecule has 0 amide bonds. The van der Waals surface area contributed by atoms with Gasteiger partial charge in [0, 0.05) is 11.0 Å². The number of carbonyl (C=O) groups excluding carboxylic acids is 1. The van der Waals surface area contributed by atoms with Gasteiger partial charge in [-0.3, -0.25) is 4.79 Å². The summed E-state index contributed by atoms with van der Waals surface area (Å²) >= 11 is 0. The van der Waals surface area contributed by atoms with Crippen LogP contribution in [0.3, 0.4) is 0 Å². The van der Waals surface area contributed by atoms with Crippen LogP contribution in [0.4, 0.5) is 0 Å². The molecule has 0 saturated carbocycles. The minimum atomic E-state index is -0.505. The van der Waals surface area contributed by atoms with Crippen molar-refractivity contribution in [3.8, 4) is 0 Å². The number of Topliss-reactive ketones (excluding diaryl/α,β-unsaturated/α-hetero) is 1. The lowest BCUT2D eigenvalue weighted by molar-refractivity contribution is -0.122. The first kappa shape index (κ1) is 18.3. The van der Waals surface area contributed by atoms with Crippen LogP contribution in [0, 0.1) is 5.41 Å². The Bertz CT molecular complexity index is 1260. The molecule has 0 atom stereocenters. The van der Waals surface area contributed by atoms with Gasteiger partial charge in [0.2, 0.25) is 0 Å². The Morgan fingerprint density at radius 1 is 0.600 bits per heavy atom. The van der Waals surface area contributed by atoms with Gasteiger partial charge in [-0.2, -0.15) is 0 Å². The van der Waals surface area contributed by atoms with Crippen LogP contribution in [-0.2, 0) is 4.79 Å². The molecule has 5 rings (SSSR count). The van der Waals surface area contributed by atoms with E-state index in [9.17, 15) is 4.79 Å². The molecule has 0 N–H and O–H groups in total. The zero-order valence-electron chi connectivity index (χ0n) is 17.0. The van der Waals surface area contributed by atoms with Gasteiger partial charge in [-0.15, -0.1) is 0 Å². The minimum absolute atomic E-state index is 0.0508. The first-order valence-electron chi connectivity index (χ1n) is 9.86. The Labute approximate surface area is 175 Å². The fourth-order valence-corrected chi connectivity index (χ4v) is 3.48. The van der Waals surface area contributed by atoms with Gasteiger partial charge in [0.15, 0.2) is 5.78 Å². The highest BCUT2D eigenvalue weighted by Gasteiger charge is 2.30. The zero-order valence-corrected chi connectivity index (χ0v) is 17.0. The summed E-state index contributed by atoms with van der Waals surface area (Å²) < 4.78 is 0. The Kier molecular flexibility index (Phi) is 4.07. The number of aliphatic imine (C=N–C) groups is 4. The van der Waals surface area contributed by atoms with Gasteiger partial charge < -0.3 is 0 Å². The van der Waals surface area contributed by atoms with E-state index in [1.807, 2.05) is 87.6 Å². The Hall–Kier alpha value is -3.73. The Morgan fingerprint density at radius 2 is 1.07 bits per heavy atom. The number of hydrogen-bond donors (Lipinski definition) is 0. The van der Waals surface area contributed by atoms with Gasteiger partial charge in [-0.25, -0.2) is 20.0 Å². The SMILES string of the molecule is CC(C)(C)C(=O)C1=CC2=NC1=CC1=NC(=CC3=NC(=CC4=NC(=C2)C=C4)C=C3)C=C1. The van der Waals surface area contributed by atoms with Crippen LogP contribution in [0.1, 0.15) is 20.8 Å². The van der Waals surface area contributed by atoms with Crippen molar-refractivity contribution in [1.82, 2.24) is 0 Å². The Morgan fingerprint density at radius 3 is 1.57 bits per heavy atom. The van der Waals surface area contributed by atoms with Crippen molar-refractivity contribution in [2.45, 2.75) is 20.8 Å². The molecule has 0 fully saturated rings. The highest BCUT2D eigenvalue weighted by atomic mass is 16.1. The zero-order chi connectivity index (χ0) is 20.9.